The molecule has 0 bridgehead atoms. The molecule has 1 aromatic carbocycles. The van der Waals surface area contributed by atoms with Crippen LogP contribution in [0.2, 0.25) is 0 Å². The zero-order valence-electron chi connectivity index (χ0n) is 11.5. The topological polar surface area (TPSA) is 44.8 Å². The number of hydrogen-bond acceptors (Lipinski definition) is 4. The molecule has 0 aliphatic rings. The van der Waals surface area contributed by atoms with Gasteiger partial charge in [0.2, 0.25) is 0 Å². The van der Waals surface area contributed by atoms with Crippen LogP contribution in [0, 0.1) is 0 Å². The van der Waals surface area contributed by atoms with Gasteiger partial charge in [-0.3, -0.25) is 4.79 Å². The lowest BCUT2D eigenvalue weighted by atomic mass is 10.1. The maximum atomic E-state index is 12.3. The summed E-state index contributed by atoms with van der Waals surface area (Å²) >= 11 is 0. The molecule has 1 rings (SSSR count). The van der Waals surface area contributed by atoms with Crippen LogP contribution < -0.4 is 9.47 Å². The summed E-state index contributed by atoms with van der Waals surface area (Å²) in [6.07, 6.45) is -5.34. The minimum absolute atomic E-state index is 0.0940. The third kappa shape index (κ3) is 6.59. The van der Waals surface area contributed by atoms with E-state index in [1.807, 2.05) is 0 Å². The minimum atomic E-state index is -4.94. The van der Waals surface area contributed by atoms with E-state index in [0.29, 0.717) is 0 Å². The number of hydrogen-bond donors (Lipinski definition) is 0. The number of halogens is 5. The first-order valence-electron chi connectivity index (χ1n) is 6.20. The first-order valence-corrected chi connectivity index (χ1v) is 6.20. The summed E-state index contributed by atoms with van der Waals surface area (Å²) in [5, 5.41) is 0. The number of carbonyl (C=O) groups is 1. The summed E-state index contributed by atoms with van der Waals surface area (Å²) in [6.45, 7) is -1.42. The monoisotopic (exact) mass is 328 g/mol. The summed E-state index contributed by atoms with van der Waals surface area (Å²) in [7, 11) is 0. The van der Waals surface area contributed by atoms with Gasteiger partial charge in [0.15, 0.2) is 0 Å². The van der Waals surface area contributed by atoms with Crippen molar-refractivity contribution in [2.45, 2.75) is 32.7 Å². The molecule has 0 atom stereocenters. The number of aryl methyl sites for hydroxylation is 1. The van der Waals surface area contributed by atoms with Crippen molar-refractivity contribution in [3.05, 3.63) is 23.8 Å². The van der Waals surface area contributed by atoms with Gasteiger partial charge in [0, 0.05) is 6.42 Å². The number of carbonyl (C=O) groups excluding carboxylic acids is 1. The fourth-order valence-corrected chi connectivity index (χ4v) is 1.62. The molecule has 0 amide bonds. The minimum Gasteiger partial charge on any atom is -0.466 e. The standard InChI is InChI=1S/C13H13F5O4/c1-2-20-11(19)6-3-8-7-9(21-12(14)15)4-5-10(8)22-13(16,17)18/h4-5,7,12H,2-3,6H2,1H3. The molecule has 0 saturated heterocycles. The fraction of sp³-hybridized carbons (Fsp3) is 0.462. The van der Waals surface area contributed by atoms with Crippen molar-refractivity contribution in [3.63, 3.8) is 0 Å². The van der Waals surface area contributed by atoms with Crippen molar-refractivity contribution in [1.82, 2.24) is 0 Å². The van der Waals surface area contributed by atoms with Gasteiger partial charge < -0.3 is 14.2 Å². The van der Waals surface area contributed by atoms with Gasteiger partial charge in [-0.05, 0) is 37.1 Å². The highest BCUT2D eigenvalue weighted by Gasteiger charge is 2.32. The van der Waals surface area contributed by atoms with Gasteiger partial charge in [-0.1, -0.05) is 0 Å². The third-order valence-corrected chi connectivity index (χ3v) is 2.39. The molecule has 22 heavy (non-hydrogen) atoms. The third-order valence-electron chi connectivity index (χ3n) is 2.39. The van der Waals surface area contributed by atoms with Crippen molar-refractivity contribution in [2.75, 3.05) is 6.61 Å². The van der Waals surface area contributed by atoms with E-state index in [-0.39, 0.29) is 30.8 Å². The van der Waals surface area contributed by atoms with Crippen molar-refractivity contribution >= 4 is 5.97 Å². The van der Waals surface area contributed by atoms with Gasteiger partial charge >= 0.3 is 18.9 Å². The van der Waals surface area contributed by atoms with E-state index in [9.17, 15) is 26.7 Å². The zero-order valence-corrected chi connectivity index (χ0v) is 11.5. The van der Waals surface area contributed by atoms with Crippen molar-refractivity contribution < 1.29 is 41.0 Å². The average Bonchev–Trinajstić information content (AvgIpc) is 2.37. The molecule has 0 spiro atoms. The second kappa shape index (κ2) is 7.81. The number of benzene rings is 1. The molecule has 9 heteroatoms. The highest BCUT2D eigenvalue weighted by Crippen LogP contribution is 2.31. The molecule has 124 valence electrons. The van der Waals surface area contributed by atoms with Gasteiger partial charge in [-0.2, -0.15) is 8.78 Å². The zero-order chi connectivity index (χ0) is 16.8. The number of esters is 1. The molecular formula is C13H13F5O4. The Morgan fingerprint density at radius 1 is 1.27 bits per heavy atom. The molecule has 0 aliphatic heterocycles. The molecule has 0 saturated carbocycles. The van der Waals surface area contributed by atoms with Gasteiger partial charge in [-0.15, -0.1) is 13.2 Å². The second-order valence-corrected chi connectivity index (χ2v) is 4.00. The van der Waals surface area contributed by atoms with E-state index in [2.05, 4.69) is 14.2 Å². The molecule has 0 heterocycles. The maximum Gasteiger partial charge on any atom is 0.573 e. The number of alkyl halides is 5. The SMILES string of the molecule is CCOC(=O)CCc1cc(OC(F)F)ccc1OC(F)(F)F. The molecule has 4 nitrogen and oxygen atoms in total. The Morgan fingerprint density at radius 3 is 2.50 bits per heavy atom. The highest BCUT2D eigenvalue weighted by molar-refractivity contribution is 5.69. The Labute approximate surface area is 122 Å². The Hall–Kier alpha value is -2.06. The van der Waals surface area contributed by atoms with Gasteiger partial charge in [0.25, 0.3) is 0 Å². The van der Waals surface area contributed by atoms with Gasteiger partial charge in [0.05, 0.1) is 6.61 Å². The lowest BCUT2D eigenvalue weighted by Crippen LogP contribution is -2.18. The van der Waals surface area contributed by atoms with Gasteiger partial charge in [0.1, 0.15) is 11.5 Å². The Kier molecular flexibility index (Phi) is 6.39. The van der Waals surface area contributed by atoms with E-state index in [0.717, 1.165) is 18.2 Å². The number of rotatable bonds is 7. The van der Waals surface area contributed by atoms with Gasteiger partial charge in [-0.25, -0.2) is 0 Å². The van der Waals surface area contributed by atoms with E-state index < -0.39 is 24.7 Å². The lowest BCUT2D eigenvalue weighted by Gasteiger charge is -2.14. The summed E-state index contributed by atoms with van der Waals surface area (Å²) < 4.78 is 73.7. The van der Waals surface area contributed by atoms with Crippen molar-refractivity contribution in [2.24, 2.45) is 0 Å². The van der Waals surface area contributed by atoms with Crippen molar-refractivity contribution in [3.8, 4) is 11.5 Å². The molecule has 0 radical (unpaired) electrons. The van der Waals surface area contributed by atoms with Crippen molar-refractivity contribution in [1.29, 1.82) is 0 Å². The number of ether oxygens (including phenoxy) is 3. The van der Waals surface area contributed by atoms with Crippen LogP contribution in [0.3, 0.4) is 0 Å². The smallest absolute Gasteiger partial charge is 0.466 e. The first-order chi connectivity index (χ1) is 10.2. The maximum absolute atomic E-state index is 12.3. The van der Waals surface area contributed by atoms with Crippen LogP contribution >= 0.6 is 0 Å². The fourth-order valence-electron chi connectivity index (χ4n) is 1.62. The average molecular weight is 328 g/mol. The first kappa shape index (κ1) is 18.0. The molecular weight excluding hydrogens is 315 g/mol. The van der Waals surface area contributed by atoms with E-state index in [4.69, 9.17) is 0 Å². The Balaban J connectivity index is 2.92. The predicted octanol–water partition coefficient (Wildman–Crippen LogP) is 3.68. The predicted molar refractivity (Wildman–Crippen MR) is 64.7 cm³/mol. The molecule has 0 unspecified atom stereocenters. The van der Waals surface area contributed by atoms with E-state index >= 15 is 0 Å². The summed E-state index contributed by atoms with van der Waals surface area (Å²) in [5.74, 6) is -1.54. The molecule has 0 aromatic heterocycles. The Bertz CT molecular complexity index is 502. The molecule has 0 fully saturated rings. The highest BCUT2D eigenvalue weighted by atomic mass is 19.4. The Morgan fingerprint density at radius 2 is 1.95 bits per heavy atom. The second-order valence-electron chi connectivity index (χ2n) is 4.00. The van der Waals surface area contributed by atoms with Crippen LogP contribution in [0.15, 0.2) is 18.2 Å². The van der Waals surface area contributed by atoms with E-state index in [1.165, 1.54) is 0 Å². The normalized spacial score (nSPS) is 11.4. The summed E-state index contributed by atoms with van der Waals surface area (Å²) in [5.41, 5.74) is -0.0940. The van der Waals surface area contributed by atoms with Crippen LogP contribution in [0.4, 0.5) is 22.0 Å². The van der Waals surface area contributed by atoms with Crippen LogP contribution in [0.25, 0.3) is 0 Å². The summed E-state index contributed by atoms with van der Waals surface area (Å²) in [6, 6.07) is 2.74. The quantitative estimate of drug-likeness (QED) is 0.566. The molecule has 0 N–H and O–H groups in total. The van der Waals surface area contributed by atoms with Crippen LogP contribution in [0.5, 0.6) is 11.5 Å². The van der Waals surface area contributed by atoms with E-state index in [1.54, 1.807) is 6.92 Å². The largest absolute Gasteiger partial charge is 0.573 e. The van der Waals surface area contributed by atoms with Crippen LogP contribution in [-0.4, -0.2) is 25.6 Å². The molecule has 0 aliphatic carbocycles. The molecule has 1 aromatic rings. The summed E-state index contributed by atoms with van der Waals surface area (Å²) in [4.78, 5) is 11.2. The van der Waals surface area contributed by atoms with Crippen LogP contribution in [-0.2, 0) is 16.0 Å². The lowest BCUT2D eigenvalue weighted by molar-refractivity contribution is -0.274. The van der Waals surface area contributed by atoms with Crippen LogP contribution in [0.1, 0.15) is 18.9 Å².